The van der Waals surface area contributed by atoms with Gasteiger partial charge in [-0.1, -0.05) is 41.4 Å². The fourth-order valence-electron chi connectivity index (χ4n) is 1.62. The van der Waals surface area contributed by atoms with Gasteiger partial charge in [0.05, 0.1) is 17.1 Å². The van der Waals surface area contributed by atoms with Crippen molar-refractivity contribution in [3.05, 3.63) is 58.1 Å². The van der Waals surface area contributed by atoms with Crippen LogP contribution in [0.25, 0.3) is 0 Å². The molecule has 2 N–H and O–H groups in total. The van der Waals surface area contributed by atoms with Gasteiger partial charge in [-0.25, -0.2) is 0 Å². The van der Waals surface area contributed by atoms with E-state index in [1.807, 2.05) is 0 Å². The number of hydrogen-bond acceptors (Lipinski definition) is 2. The molecule has 0 unspecified atom stereocenters. The molecule has 2 aromatic rings. The zero-order valence-corrected chi connectivity index (χ0v) is 11.4. The van der Waals surface area contributed by atoms with Crippen molar-refractivity contribution in [3.8, 4) is 5.75 Å². The van der Waals surface area contributed by atoms with Crippen molar-refractivity contribution < 1.29 is 9.90 Å². The number of halogens is 2. The monoisotopic (exact) mass is 295 g/mol. The largest absolute Gasteiger partial charge is 0.508 e. The standard InChI is InChI=1S/C14H11Cl2NO2/c15-10-5-6-12(11(16)8-10)17-14(19)7-9-3-1-2-4-13(9)18/h1-6,8,18H,7H2,(H,17,19). The number of nitrogens with one attached hydrogen (secondary N) is 1. The Morgan fingerprint density at radius 3 is 2.58 bits per heavy atom. The summed E-state index contributed by atoms with van der Waals surface area (Å²) in [5.41, 5.74) is 1.05. The number of anilines is 1. The van der Waals surface area contributed by atoms with Gasteiger partial charge in [0.2, 0.25) is 5.91 Å². The molecule has 0 fully saturated rings. The minimum Gasteiger partial charge on any atom is -0.508 e. The van der Waals surface area contributed by atoms with Crippen LogP contribution in [0, 0.1) is 0 Å². The van der Waals surface area contributed by atoms with E-state index in [-0.39, 0.29) is 18.1 Å². The normalized spacial score (nSPS) is 10.2. The lowest BCUT2D eigenvalue weighted by molar-refractivity contribution is -0.115. The lowest BCUT2D eigenvalue weighted by Crippen LogP contribution is -2.14. The highest BCUT2D eigenvalue weighted by Gasteiger charge is 2.09. The number of aromatic hydroxyl groups is 1. The first-order chi connectivity index (χ1) is 9.06. The SMILES string of the molecule is O=C(Cc1ccccc1O)Nc1ccc(Cl)cc1Cl. The molecule has 0 aromatic heterocycles. The number of amides is 1. The van der Waals surface area contributed by atoms with Crippen LogP contribution in [-0.2, 0) is 11.2 Å². The van der Waals surface area contributed by atoms with Gasteiger partial charge >= 0.3 is 0 Å². The van der Waals surface area contributed by atoms with Crippen molar-refractivity contribution in [2.24, 2.45) is 0 Å². The van der Waals surface area contributed by atoms with Crippen molar-refractivity contribution in [1.29, 1.82) is 0 Å². The van der Waals surface area contributed by atoms with Crippen LogP contribution in [0.15, 0.2) is 42.5 Å². The smallest absolute Gasteiger partial charge is 0.228 e. The summed E-state index contributed by atoms with van der Waals surface area (Å²) < 4.78 is 0. The second-order valence-electron chi connectivity index (χ2n) is 3.98. The average molecular weight is 296 g/mol. The lowest BCUT2D eigenvalue weighted by atomic mass is 10.1. The molecule has 19 heavy (non-hydrogen) atoms. The molecular formula is C14H11Cl2NO2. The minimum absolute atomic E-state index is 0.0750. The molecule has 0 heterocycles. The van der Waals surface area contributed by atoms with Gasteiger partial charge in [0.1, 0.15) is 5.75 Å². The molecule has 0 saturated heterocycles. The second kappa shape index (κ2) is 5.95. The highest BCUT2D eigenvalue weighted by molar-refractivity contribution is 6.36. The number of carbonyl (C=O) groups excluding carboxylic acids is 1. The van der Waals surface area contributed by atoms with Gasteiger partial charge in [0.25, 0.3) is 0 Å². The molecule has 0 aliphatic heterocycles. The summed E-state index contributed by atoms with van der Waals surface area (Å²) in [4.78, 5) is 11.9. The van der Waals surface area contributed by atoms with E-state index >= 15 is 0 Å². The summed E-state index contributed by atoms with van der Waals surface area (Å²) in [6.45, 7) is 0. The fraction of sp³-hybridized carbons (Fsp3) is 0.0714. The average Bonchev–Trinajstić information content (AvgIpc) is 2.36. The first-order valence-electron chi connectivity index (χ1n) is 5.58. The molecule has 0 spiro atoms. The third-order valence-corrected chi connectivity index (χ3v) is 3.10. The van der Waals surface area contributed by atoms with Crippen LogP contribution in [0.4, 0.5) is 5.69 Å². The highest BCUT2D eigenvalue weighted by atomic mass is 35.5. The van der Waals surface area contributed by atoms with E-state index in [0.29, 0.717) is 21.3 Å². The fourth-order valence-corrected chi connectivity index (χ4v) is 2.07. The molecule has 0 aliphatic rings. The molecule has 0 aliphatic carbocycles. The molecule has 1 amide bonds. The Labute approximate surface area is 120 Å². The Bertz CT molecular complexity index is 614. The Balaban J connectivity index is 2.08. The van der Waals surface area contributed by atoms with E-state index in [1.54, 1.807) is 36.4 Å². The van der Waals surface area contributed by atoms with Crippen molar-refractivity contribution in [2.45, 2.75) is 6.42 Å². The molecule has 3 nitrogen and oxygen atoms in total. The van der Waals surface area contributed by atoms with E-state index in [2.05, 4.69) is 5.32 Å². The Morgan fingerprint density at radius 1 is 1.16 bits per heavy atom. The molecule has 98 valence electrons. The summed E-state index contributed by atoms with van der Waals surface area (Å²) in [6, 6.07) is 11.5. The maximum absolute atomic E-state index is 11.9. The summed E-state index contributed by atoms with van der Waals surface area (Å²) in [6.07, 6.45) is 0.0750. The predicted molar refractivity (Wildman–Crippen MR) is 76.9 cm³/mol. The Kier molecular flexibility index (Phi) is 4.30. The Morgan fingerprint density at radius 2 is 1.89 bits per heavy atom. The van der Waals surface area contributed by atoms with Crippen LogP contribution in [0.5, 0.6) is 5.75 Å². The third kappa shape index (κ3) is 3.63. The first-order valence-corrected chi connectivity index (χ1v) is 6.33. The summed E-state index contributed by atoms with van der Waals surface area (Å²) >= 11 is 11.7. The molecule has 0 atom stereocenters. The topological polar surface area (TPSA) is 49.3 Å². The number of carbonyl (C=O) groups is 1. The minimum atomic E-state index is -0.259. The van der Waals surface area contributed by atoms with Gasteiger partial charge in [0, 0.05) is 10.6 Å². The van der Waals surface area contributed by atoms with E-state index in [9.17, 15) is 9.90 Å². The summed E-state index contributed by atoms with van der Waals surface area (Å²) in [7, 11) is 0. The zero-order valence-electron chi connectivity index (χ0n) is 9.86. The van der Waals surface area contributed by atoms with Crippen molar-refractivity contribution >= 4 is 34.8 Å². The van der Waals surface area contributed by atoms with E-state index in [0.717, 1.165) is 0 Å². The van der Waals surface area contributed by atoms with Gasteiger partial charge in [0.15, 0.2) is 0 Å². The van der Waals surface area contributed by atoms with Gasteiger partial charge in [-0.05, 0) is 24.3 Å². The van der Waals surface area contributed by atoms with Crippen molar-refractivity contribution in [1.82, 2.24) is 0 Å². The number of hydrogen-bond donors (Lipinski definition) is 2. The van der Waals surface area contributed by atoms with Crippen LogP contribution in [0.3, 0.4) is 0 Å². The molecule has 0 radical (unpaired) electrons. The highest BCUT2D eigenvalue weighted by Crippen LogP contribution is 2.25. The van der Waals surface area contributed by atoms with Crippen LogP contribution in [0.2, 0.25) is 10.0 Å². The molecule has 5 heteroatoms. The quantitative estimate of drug-likeness (QED) is 0.903. The molecule has 0 saturated carbocycles. The second-order valence-corrected chi connectivity index (χ2v) is 4.82. The van der Waals surface area contributed by atoms with Gasteiger partial charge in [-0.15, -0.1) is 0 Å². The van der Waals surface area contributed by atoms with E-state index in [4.69, 9.17) is 23.2 Å². The first kappa shape index (κ1) is 13.7. The number of para-hydroxylation sites is 1. The van der Waals surface area contributed by atoms with Crippen LogP contribution < -0.4 is 5.32 Å². The summed E-state index contributed by atoms with van der Waals surface area (Å²) in [5.74, 6) is -0.162. The van der Waals surface area contributed by atoms with E-state index in [1.165, 1.54) is 6.07 Å². The van der Waals surface area contributed by atoms with Crippen LogP contribution in [-0.4, -0.2) is 11.0 Å². The number of phenolic OH excluding ortho intramolecular Hbond substituents is 1. The zero-order chi connectivity index (χ0) is 13.8. The number of phenols is 1. The molecule has 0 bridgehead atoms. The van der Waals surface area contributed by atoms with Crippen LogP contribution in [0.1, 0.15) is 5.56 Å². The van der Waals surface area contributed by atoms with Gasteiger partial charge in [-0.2, -0.15) is 0 Å². The maximum atomic E-state index is 11.9. The van der Waals surface area contributed by atoms with Crippen LogP contribution >= 0.6 is 23.2 Å². The number of benzene rings is 2. The summed E-state index contributed by atoms with van der Waals surface area (Å²) in [5, 5.41) is 13.1. The van der Waals surface area contributed by atoms with Crippen molar-refractivity contribution in [3.63, 3.8) is 0 Å². The molecule has 2 rings (SSSR count). The maximum Gasteiger partial charge on any atom is 0.228 e. The molecule has 2 aromatic carbocycles. The van der Waals surface area contributed by atoms with Gasteiger partial charge in [-0.3, -0.25) is 4.79 Å². The predicted octanol–water partition coefficient (Wildman–Crippen LogP) is 3.88. The third-order valence-electron chi connectivity index (χ3n) is 2.55. The lowest BCUT2D eigenvalue weighted by Gasteiger charge is -2.08. The van der Waals surface area contributed by atoms with Gasteiger partial charge < -0.3 is 10.4 Å². The van der Waals surface area contributed by atoms with Crippen molar-refractivity contribution in [2.75, 3.05) is 5.32 Å². The molecular weight excluding hydrogens is 285 g/mol. The number of rotatable bonds is 3. The Hall–Kier alpha value is -1.71. The van der Waals surface area contributed by atoms with E-state index < -0.39 is 0 Å².